The van der Waals surface area contributed by atoms with E-state index in [0.717, 1.165) is 0 Å². The molecule has 0 N–H and O–H groups in total. The van der Waals surface area contributed by atoms with Gasteiger partial charge in [-0.15, -0.1) is 0 Å². The van der Waals surface area contributed by atoms with Crippen molar-refractivity contribution in [2.24, 2.45) is 0 Å². The van der Waals surface area contributed by atoms with Crippen LogP contribution < -0.4 is 4.74 Å². The minimum Gasteiger partial charge on any atom is -0.493 e. The van der Waals surface area contributed by atoms with Gasteiger partial charge in [0.25, 0.3) is 0 Å². The van der Waals surface area contributed by atoms with E-state index < -0.39 is 28.4 Å². The Balaban J connectivity index is 1.63. The first-order valence-electron chi connectivity index (χ1n) is 9.53. The number of ketones is 1. The third kappa shape index (κ3) is 5.05. The smallest absolute Gasteiger partial charge is 0.342 e. The summed E-state index contributed by atoms with van der Waals surface area (Å²) in [5, 5.41) is 0. The lowest BCUT2D eigenvalue weighted by Gasteiger charge is -2.26. The van der Waals surface area contributed by atoms with E-state index >= 15 is 0 Å². The number of para-hydroxylation sites is 1. The van der Waals surface area contributed by atoms with Gasteiger partial charge in [-0.3, -0.25) is 4.79 Å². The van der Waals surface area contributed by atoms with Crippen molar-refractivity contribution in [1.29, 1.82) is 0 Å². The minimum atomic E-state index is -3.63. The molecule has 0 radical (unpaired) electrons. The molecule has 0 spiro atoms. The van der Waals surface area contributed by atoms with Crippen molar-refractivity contribution < 1.29 is 32.2 Å². The summed E-state index contributed by atoms with van der Waals surface area (Å²) in [6, 6.07) is 12.2. The molecule has 8 nitrogen and oxygen atoms in total. The quantitative estimate of drug-likeness (QED) is 0.465. The summed E-state index contributed by atoms with van der Waals surface area (Å²) < 4.78 is 42.3. The van der Waals surface area contributed by atoms with Crippen LogP contribution in [0.4, 0.5) is 0 Å². The lowest BCUT2D eigenvalue weighted by molar-refractivity contribution is 0.0471. The molecule has 0 saturated carbocycles. The molecule has 0 aliphatic carbocycles. The number of carbonyl (C=O) groups is 2. The molecular weight excluding hydrogens is 410 g/mol. The first kappa shape index (κ1) is 21.9. The van der Waals surface area contributed by atoms with Gasteiger partial charge in [-0.05, 0) is 43.3 Å². The molecule has 1 saturated heterocycles. The highest BCUT2D eigenvalue weighted by Gasteiger charge is 2.26. The summed E-state index contributed by atoms with van der Waals surface area (Å²) in [4.78, 5) is 24.8. The summed E-state index contributed by atoms with van der Waals surface area (Å²) in [7, 11) is -3.63. The Morgan fingerprint density at radius 2 is 1.70 bits per heavy atom. The van der Waals surface area contributed by atoms with Crippen LogP contribution in [0.25, 0.3) is 0 Å². The van der Waals surface area contributed by atoms with Crippen molar-refractivity contribution >= 4 is 21.8 Å². The summed E-state index contributed by atoms with van der Waals surface area (Å²) >= 11 is 0. The summed E-state index contributed by atoms with van der Waals surface area (Å²) in [6.07, 6.45) is 0. The normalized spacial score (nSPS) is 14.8. The molecule has 0 atom stereocenters. The fourth-order valence-corrected chi connectivity index (χ4v) is 4.37. The summed E-state index contributed by atoms with van der Waals surface area (Å²) in [5.41, 5.74) is 0.487. The highest BCUT2D eigenvalue weighted by atomic mass is 32.2. The van der Waals surface area contributed by atoms with Crippen molar-refractivity contribution in [3.8, 4) is 5.75 Å². The Hall–Kier alpha value is -2.75. The van der Waals surface area contributed by atoms with Crippen molar-refractivity contribution in [2.75, 3.05) is 39.5 Å². The predicted octanol–water partition coefficient (Wildman–Crippen LogP) is 2.15. The Kier molecular flexibility index (Phi) is 7.20. The van der Waals surface area contributed by atoms with Gasteiger partial charge in [0.2, 0.25) is 10.0 Å². The Morgan fingerprint density at radius 3 is 2.37 bits per heavy atom. The Morgan fingerprint density at radius 1 is 1.03 bits per heavy atom. The number of rotatable bonds is 8. The van der Waals surface area contributed by atoms with E-state index in [4.69, 9.17) is 14.2 Å². The molecule has 0 unspecified atom stereocenters. The van der Waals surface area contributed by atoms with E-state index in [1.807, 2.05) is 0 Å². The molecule has 0 bridgehead atoms. The number of hydrogen-bond acceptors (Lipinski definition) is 7. The van der Waals surface area contributed by atoms with Crippen LogP contribution in [0.5, 0.6) is 5.75 Å². The number of morpholine rings is 1. The fraction of sp³-hybridized carbons (Fsp3) is 0.333. The van der Waals surface area contributed by atoms with Crippen LogP contribution in [-0.2, 0) is 19.5 Å². The third-order valence-corrected chi connectivity index (χ3v) is 6.44. The van der Waals surface area contributed by atoms with Gasteiger partial charge >= 0.3 is 5.97 Å². The molecule has 1 fully saturated rings. The lowest BCUT2D eigenvalue weighted by atomic mass is 10.1. The van der Waals surface area contributed by atoms with Crippen LogP contribution in [0.2, 0.25) is 0 Å². The molecule has 2 aromatic rings. The van der Waals surface area contributed by atoms with Gasteiger partial charge < -0.3 is 14.2 Å². The second kappa shape index (κ2) is 9.84. The first-order chi connectivity index (χ1) is 14.4. The molecule has 0 aromatic heterocycles. The summed E-state index contributed by atoms with van der Waals surface area (Å²) in [5.74, 6) is -0.721. The zero-order chi connectivity index (χ0) is 21.6. The van der Waals surface area contributed by atoms with Crippen LogP contribution >= 0.6 is 0 Å². The van der Waals surface area contributed by atoms with E-state index in [9.17, 15) is 18.0 Å². The Labute approximate surface area is 175 Å². The second-order valence-electron chi connectivity index (χ2n) is 6.47. The van der Waals surface area contributed by atoms with Crippen LogP contribution in [-0.4, -0.2) is 64.0 Å². The number of hydrogen-bond donors (Lipinski definition) is 0. The van der Waals surface area contributed by atoms with Crippen molar-refractivity contribution in [1.82, 2.24) is 4.31 Å². The molecule has 0 amide bonds. The molecular formula is C21H23NO7S. The topological polar surface area (TPSA) is 99.2 Å². The van der Waals surface area contributed by atoms with Gasteiger partial charge in [0, 0.05) is 18.7 Å². The maximum absolute atomic E-state index is 12.6. The number of esters is 1. The van der Waals surface area contributed by atoms with Crippen LogP contribution in [0.1, 0.15) is 27.6 Å². The molecule has 3 rings (SSSR count). The van der Waals surface area contributed by atoms with E-state index in [1.54, 1.807) is 31.2 Å². The van der Waals surface area contributed by atoms with Gasteiger partial charge in [0.15, 0.2) is 12.4 Å². The molecule has 1 heterocycles. The average molecular weight is 433 g/mol. The first-order valence-corrected chi connectivity index (χ1v) is 11.0. The van der Waals surface area contributed by atoms with Crippen molar-refractivity contribution in [2.45, 2.75) is 11.8 Å². The van der Waals surface area contributed by atoms with E-state index in [1.165, 1.54) is 28.6 Å². The SMILES string of the molecule is CCOc1ccccc1C(=O)OCC(=O)c1ccc(S(=O)(=O)N2CCOCC2)cc1. The summed E-state index contributed by atoms with van der Waals surface area (Å²) in [6.45, 7) is 3.03. The highest BCUT2D eigenvalue weighted by molar-refractivity contribution is 7.89. The molecule has 2 aromatic carbocycles. The average Bonchev–Trinajstić information content (AvgIpc) is 2.78. The number of Topliss-reactive ketones (excluding diaryl/α,β-unsaturated/α-hetero) is 1. The monoisotopic (exact) mass is 433 g/mol. The van der Waals surface area contributed by atoms with Gasteiger partial charge in [-0.25, -0.2) is 13.2 Å². The predicted molar refractivity (Wildman–Crippen MR) is 108 cm³/mol. The minimum absolute atomic E-state index is 0.101. The zero-order valence-corrected chi connectivity index (χ0v) is 17.4. The van der Waals surface area contributed by atoms with Crippen LogP contribution in [0.3, 0.4) is 0 Å². The van der Waals surface area contributed by atoms with Gasteiger partial charge in [0.1, 0.15) is 11.3 Å². The second-order valence-corrected chi connectivity index (χ2v) is 8.41. The fourth-order valence-electron chi connectivity index (χ4n) is 2.96. The zero-order valence-electron chi connectivity index (χ0n) is 16.6. The highest BCUT2D eigenvalue weighted by Crippen LogP contribution is 2.20. The lowest BCUT2D eigenvalue weighted by Crippen LogP contribution is -2.40. The number of benzene rings is 2. The molecule has 9 heteroatoms. The van der Waals surface area contributed by atoms with Gasteiger partial charge in [-0.1, -0.05) is 12.1 Å². The molecule has 30 heavy (non-hydrogen) atoms. The molecule has 1 aliphatic heterocycles. The number of nitrogens with zero attached hydrogens (tertiary/aromatic N) is 1. The van der Waals surface area contributed by atoms with E-state index in [-0.39, 0.29) is 16.0 Å². The standard InChI is InChI=1S/C21H23NO7S/c1-2-28-20-6-4-3-5-18(20)21(24)29-15-19(23)16-7-9-17(10-8-16)30(25,26)22-11-13-27-14-12-22/h3-10H,2,11-15H2,1H3. The molecule has 1 aliphatic rings. The number of carbonyl (C=O) groups excluding carboxylic acids is 2. The van der Waals surface area contributed by atoms with E-state index in [2.05, 4.69) is 0 Å². The number of ether oxygens (including phenoxy) is 3. The third-order valence-electron chi connectivity index (χ3n) is 4.53. The maximum atomic E-state index is 12.6. The van der Waals surface area contributed by atoms with Crippen molar-refractivity contribution in [3.05, 3.63) is 59.7 Å². The van der Waals surface area contributed by atoms with Crippen LogP contribution in [0, 0.1) is 0 Å². The van der Waals surface area contributed by atoms with Crippen LogP contribution in [0.15, 0.2) is 53.4 Å². The van der Waals surface area contributed by atoms with Gasteiger partial charge in [0.05, 0.1) is 24.7 Å². The Bertz CT molecular complexity index is 996. The molecule has 160 valence electrons. The van der Waals surface area contributed by atoms with E-state index in [0.29, 0.717) is 38.7 Å². The van der Waals surface area contributed by atoms with Crippen molar-refractivity contribution in [3.63, 3.8) is 0 Å². The van der Waals surface area contributed by atoms with Gasteiger partial charge in [-0.2, -0.15) is 4.31 Å². The largest absolute Gasteiger partial charge is 0.493 e. The maximum Gasteiger partial charge on any atom is 0.342 e. The number of sulfonamides is 1.